The Labute approximate surface area is 365 Å². The van der Waals surface area contributed by atoms with Crippen molar-refractivity contribution in [3.63, 3.8) is 0 Å². The lowest BCUT2D eigenvalue weighted by Crippen LogP contribution is -2.55. The van der Waals surface area contributed by atoms with E-state index in [-0.39, 0.29) is 42.7 Å². The maximum absolute atomic E-state index is 12.7. The van der Waals surface area contributed by atoms with E-state index in [9.17, 15) is 19.5 Å². The van der Waals surface area contributed by atoms with Crippen LogP contribution < -0.4 is 5.11 Å². The van der Waals surface area contributed by atoms with E-state index in [1.54, 1.807) is 21.1 Å². The van der Waals surface area contributed by atoms with E-state index in [1.165, 1.54) is 161 Å². The molecule has 0 aliphatic carbocycles. The third-order valence-electron chi connectivity index (χ3n) is 11.7. The summed E-state index contributed by atoms with van der Waals surface area (Å²) in [5.74, 6) is -1.73. The second-order valence-electron chi connectivity index (χ2n) is 18.4. The average molecular weight is 836 g/mol. The number of allylic oxidation sites excluding steroid dienone is 2. The van der Waals surface area contributed by atoms with Crippen molar-refractivity contribution < 1.29 is 38.2 Å². The summed E-state index contributed by atoms with van der Waals surface area (Å²) in [4.78, 5) is 36.9. The van der Waals surface area contributed by atoms with Crippen LogP contribution in [0.3, 0.4) is 0 Å². The van der Waals surface area contributed by atoms with Crippen LogP contribution in [0.25, 0.3) is 0 Å². The molecule has 0 spiro atoms. The van der Waals surface area contributed by atoms with E-state index in [1.807, 2.05) is 0 Å². The van der Waals surface area contributed by atoms with E-state index in [2.05, 4.69) is 26.0 Å². The van der Waals surface area contributed by atoms with Gasteiger partial charge in [0.1, 0.15) is 12.6 Å². The number of nitrogens with zero attached hydrogens (tertiary/aromatic N) is 1. The molecule has 0 rings (SSSR count). The minimum atomic E-state index is -1.12. The predicted molar refractivity (Wildman–Crippen MR) is 245 cm³/mol. The zero-order valence-electron chi connectivity index (χ0n) is 39.7. The topological polar surface area (TPSA) is 102 Å². The molecule has 0 amide bonds. The molecular weight excluding hydrogens is 739 g/mol. The molecule has 0 bridgehead atoms. The molecular formula is C51H97NO7. The van der Waals surface area contributed by atoms with Gasteiger partial charge in [-0.15, -0.1) is 0 Å². The van der Waals surface area contributed by atoms with Gasteiger partial charge >= 0.3 is 11.9 Å². The van der Waals surface area contributed by atoms with Gasteiger partial charge < -0.3 is 28.6 Å². The number of ether oxygens (including phenoxy) is 3. The van der Waals surface area contributed by atoms with Gasteiger partial charge in [-0.25, -0.2) is 0 Å². The fraction of sp³-hybridized carbons (Fsp3) is 0.902. The normalized spacial score (nSPS) is 12.9. The highest BCUT2D eigenvalue weighted by Gasteiger charge is 2.25. The number of carboxylic acids is 1. The molecule has 0 aromatic heterocycles. The molecule has 2 atom stereocenters. The SMILES string of the molecule is CCCCC/C=C\CCCCCCCC(=O)OC(COCCC(C(=O)[O-])[N+](C)(C)C)COC(=O)CCCCCCCCCCCCCCCCCCCCCCCCC. The van der Waals surface area contributed by atoms with Crippen LogP contribution in [-0.2, 0) is 28.6 Å². The number of hydrogen-bond donors (Lipinski definition) is 0. The third kappa shape index (κ3) is 41.2. The summed E-state index contributed by atoms with van der Waals surface area (Å²) in [5.41, 5.74) is 0. The first-order chi connectivity index (χ1) is 28.6. The van der Waals surface area contributed by atoms with Gasteiger partial charge in [-0.05, 0) is 38.5 Å². The van der Waals surface area contributed by atoms with Crippen LogP contribution in [0.5, 0.6) is 0 Å². The highest BCUT2D eigenvalue weighted by molar-refractivity contribution is 5.70. The van der Waals surface area contributed by atoms with Crippen LogP contribution >= 0.6 is 0 Å². The first kappa shape index (κ1) is 57.1. The lowest BCUT2D eigenvalue weighted by Gasteiger charge is -2.34. The Morgan fingerprint density at radius 2 is 0.847 bits per heavy atom. The summed E-state index contributed by atoms with van der Waals surface area (Å²) in [6.07, 6.45) is 46.8. The lowest BCUT2D eigenvalue weighted by atomic mass is 10.0. The third-order valence-corrected chi connectivity index (χ3v) is 11.7. The summed E-state index contributed by atoms with van der Waals surface area (Å²) in [7, 11) is 5.42. The molecule has 0 aromatic rings. The van der Waals surface area contributed by atoms with Gasteiger partial charge in [0, 0.05) is 19.3 Å². The maximum atomic E-state index is 12.7. The molecule has 0 saturated carbocycles. The standard InChI is InChI=1S/C51H97NO7/c1-6-8-10-12-14-16-18-20-21-22-23-24-25-26-27-28-29-30-32-33-35-37-39-41-49(53)58-46-47(45-57-44-43-48(51(55)56)52(3,4)5)59-50(54)42-40-38-36-34-31-19-17-15-13-11-9-7-2/h15,17,47-48H,6-14,16,18-46H2,1-5H3/b17-15-. The predicted octanol–water partition coefficient (Wildman–Crippen LogP) is 12.9. The molecule has 0 N–H and O–H groups in total. The summed E-state index contributed by atoms with van der Waals surface area (Å²) < 4.78 is 17.2. The summed E-state index contributed by atoms with van der Waals surface area (Å²) in [5, 5.41) is 11.6. The van der Waals surface area contributed by atoms with E-state index in [4.69, 9.17) is 14.2 Å². The van der Waals surface area contributed by atoms with Crippen LogP contribution in [0.15, 0.2) is 12.2 Å². The van der Waals surface area contributed by atoms with Crippen molar-refractivity contribution in [1.29, 1.82) is 0 Å². The Kier molecular flexibility index (Phi) is 41.3. The quantitative estimate of drug-likeness (QED) is 0.0260. The fourth-order valence-electron chi connectivity index (χ4n) is 7.71. The van der Waals surface area contributed by atoms with E-state index < -0.39 is 18.1 Å². The maximum Gasteiger partial charge on any atom is 0.306 e. The Morgan fingerprint density at radius 1 is 0.492 bits per heavy atom. The number of unbranched alkanes of at least 4 members (excludes halogenated alkanes) is 30. The first-order valence-corrected chi connectivity index (χ1v) is 25.2. The molecule has 0 aromatic carbocycles. The number of carbonyl (C=O) groups excluding carboxylic acids is 3. The number of quaternary nitrogens is 1. The molecule has 8 nitrogen and oxygen atoms in total. The van der Waals surface area contributed by atoms with Crippen molar-refractivity contribution in [2.24, 2.45) is 0 Å². The molecule has 0 radical (unpaired) electrons. The van der Waals surface area contributed by atoms with Gasteiger partial charge in [0.05, 0.1) is 40.3 Å². The number of carbonyl (C=O) groups is 3. The Morgan fingerprint density at radius 3 is 1.25 bits per heavy atom. The van der Waals surface area contributed by atoms with Crippen molar-refractivity contribution in [3.8, 4) is 0 Å². The lowest BCUT2D eigenvalue weighted by molar-refractivity contribution is -0.889. The fourth-order valence-corrected chi connectivity index (χ4v) is 7.71. The van der Waals surface area contributed by atoms with Crippen LogP contribution in [-0.4, -0.2) is 75.5 Å². The zero-order valence-corrected chi connectivity index (χ0v) is 39.7. The Balaban J connectivity index is 4.12. The number of likely N-dealkylation sites (N-methyl/N-ethyl adjacent to an activating group) is 1. The smallest absolute Gasteiger partial charge is 0.306 e. The monoisotopic (exact) mass is 836 g/mol. The number of carboxylic acid groups (broad SMARTS) is 1. The van der Waals surface area contributed by atoms with Crippen molar-refractivity contribution in [3.05, 3.63) is 12.2 Å². The molecule has 2 unspecified atom stereocenters. The molecule has 0 fully saturated rings. The molecule has 59 heavy (non-hydrogen) atoms. The number of esters is 2. The molecule has 0 aliphatic rings. The summed E-state index contributed by atoms with van der Waals surface area (Å²) >= 11 is 0. The van der Waals surface area contributed by atoms with Gasteiger partial charge in [0.15, 0.2) is 6.10 Å². The van der Waals surface area contributed by atoms with Gasteiger partial charge in [0.25, 0.3) is 0 Å². The second-order valence-corrected chi connectivity index (χ2v) is 18.4. The van der Waals surface area contributed by atoms with Gasteiger partial charge in [-0.2, -0.15) is 0 Å². The highest BCUT2D eigenvalue weighted by atomic mass is 16.6. The van der Waals surface area contributed by atoms with Crippen LogP contribution in [0.4, 0.5) is 0 Å². The van der Waals surface area contributed by atoms with Crippen molar-refractivity contribution in [1.82, 2.24) is 0 Å². The molecule has 0 heterocycles. The number of hydrogen-bond acceptors (Lipinski definition) is 7. The second kappa shape index (κ2) is 42.7. The number of rotatable bonds is 46. The van der Waals surface area contributed by atoms with Crippen molar-refractivity contribution in [2.75, 3.05) is 41.0 Å². The van der Waals surface area contributed by atoms with E-state index in [0.29, 0.717) is 12.8 Å². The molecule has 0 saturated heterocycles. The Bertz CT molecular complexity index is 978. The minimum absolute atomic E-state index is 0.0430. The van der Waals surface area contributed by atoms with Crippen LogP contribution in [0.2, 0.25) is 0 Å². The first-order valence-electron chi connectivity index (χ1n) is 25.2. The average Bonchev–Trinajstić information content (AvgIpc) is 3.19. The van der Waals surface area contributed by atoms with E-state index in [0.717, 1.165) is 51.4 Å². The molecule has 348 valence electrons. The van der Waals surface area contributed by atoms with Crippen LogP contribution in [0.1, 0.15) is 245 Å². The molecule has 8 heteroatoms. The van der Waals surface area contributed by atoms with E-state index >= 15 is 0 Å². The van der Waals surface area contributed by atoms with Gasteiger partial charge in [-0.3, -0.25) is 9.59 Å². The minimum Gasteiger partial charge on any atom is -0.544 e. The van der Waals surface area contributed by atoms with Crippen LogP contribution in [0, 0.1) is 0 Å². The van der Waals surface area contributed by atoms with Crippen molar-refractivity contribution >= 4 is 17.9 Å². The van der Waals surface area contributed by atoms with Gasteiger partial charge in [-0.1, -0.05) is 199 Å². The zero-order chi connectivity index (χ0) is 43.5. The molecule has 0 aliphatic heterocycles. The summed E-state index contributed by atoms with van der Waals surface area (Å²) in [6.45, 7) is 4.67. The van der Waals surface area contributed by atoms with Crippen molar-refractivity contribution in [2.45, 2.75) is 257 Å². The Hall–Kier alpha value is -1.93. The number of aliphatic carboxylic acids is 1. The van der Waals surface area contributed by atoms with Gasteiger partial charge in [0.2, 0.25) is 0 Å². The highest BCUT2D eigenvalue weighted by Crippen LogP contribution is 2.17. The largest absolute Gasteiger partial charge is 0.544 e. The summed E-state index contributed by atoms with van der Waals surface area (Å²) in [6, 6.07) is -0.723.